The first-order chi connectivity index (χ1) is 12.1. The summed E-state index contributed by atoms with van der Waals surface area (Å²) in [6.45, 7) is 0. The molecule has 4 rings (SSSR count). The highest BCUT2D eigenvalue weighted by molar-refractivity contribution is 6.07. The van der Waals surface area contributed by atoms with Crippen LogP contribution in [0.2, 0.25) is 0 Å². The zero-order valence-electron chi connectivity index (χ0n) is 13.7. The van der Waals surface area contributed by atoms with Crippen molar-refractivity contribution in [2.45, 2.75) is 25.7 Å². The summed E-state index contributed by atoms with van der Waals surface area (Å²) < 4.78 is 1.93. The van der Waals surface area contributed by atoms with E-state index in [1.165, 1.54) is 0 Å². The van der Waals surface area contributed by atoms with Gasteiger partial charge < -0.3 is 4.57 Å². The van der Waals surface area contributed by atoms with E-state index in [-0.39, 0.29) is 23.7 Å². The first-order valence-electron chi connectivity index (χ1n) is 8.57. The highest BCUT2D eigenvalue weighted by Crippen LogP contribution is 2.37. The van der Waals surface area contributed by atoms with Crippen LogP contribution in [0, 0.1) is 11.8 Å². The molecule has 0 bridgehead atoms. The molecule has 128 valence electrons. The maximum atomic E-state index is 12.4. The minimum Gasteiger partial charge on any atom is -0.324 e. The smallest absolute Gasteiger partial charge is 0.270 e. The zero-order chi connectivity index (χ0) is 17.4. The molecule has 1 aliphatic heterocycles. The summed E-state index contributed by atoms with van der Waals surface area (Å²) >= 11 is 0. The summed E-state index contributed by atoms with van der Waals surface area (Å²) in [7, 11) is 0. The molecule has 0 spiro atoms. The molecule has 25 heavy (non-hydrogen) atoms. The molecule has 2 atom stereocenters. The second-order valence-corrected chi connectivity index (χ2v) is 6.59. The lowest BCUT2D eigenvalue weighted by Gasteiger charge is -2.19. The molecule has 6 heteroatoms. The number of hydrazine groups is 1. The van der Waals surface area contributed by atoms with Gasteiger partial charge in [0.2, 0.25) is 0 Å². The Kier molecular flexibility index (Phi) is 3.87. The van der Waals surface area contributed by atoms with E-state index in [1.807, 2.05) is 41.2 Å². The van der Waals surface area contributed by atoms with Crippen LogP contribution in [0.1, 0.15) is 36.0 Å². The van der Waals surface area contributed by atoms with Crippen LogP contribution in [0.5, 0.6) is 0 Å². The van der Waals surface area contributed by atoms with E-state index in [0.29, 0.717) is 5.56 Å². The molecule has 0 unspecified atom stereocenters. The molecule has 1 aliphatic carbocycles. The van der Waals surface area contributed by atoms with Crippen LogP contribution in [-0.2, 0) is 9.59 Å². The van der Waals surface area contributed by atoms with Gasteiger partial charge in [-0.2, -0.15) is 5.01 Å². The van der Waals surface area contributed by atoms with E-state index >= 15 is 0 Å². The quantitative estimate of drug-likeness (QED) is 0.874. The van der Waals surface area contributed by atoms with Gasteiger partial charge in [0, 0.05) is 23.6 Å². The number of carbonyl (C=O) groups excluding carboxylic acids is 3. The van der Waals surface area contributed by atoms with E-state index < -0.39 is 5.91 Å². The monoisotopic (exact) mass is 337 g/mol. The van der Waals surface area contributed by atoms with E-state index in [2.05, 4.69) is 5.43 Å². The summed E-state index contributed by atoms with van der Waals surface area (Å²) in [5, 5.41) is 0.933. The van der Waals surface area contributed by atoms with Crippen LogP contribution in [0.3, 0.4) is 0 Å². The standard InChI is InChI=1S/C19H19N3O3/c23-17(13-7-9-14(10-8-13)21-11-3-4-12-21)20-22-18(24)15-5-1-2-6-16(15)19(22)25/h3-4,7-12,15-16H,1-2,5-6H2,(H,20,23)/t15-,16+. The molecule has 0 radical (unpaired) electrons. The Hall–Kier alpha value is -2.89. The van der Waals surface area contributed by atoms with Crippen molar-refractivity contribution in [2.24, 2.45) is 11.8 Å². The van der Waals surface area contributed by atoms with Crippen LogP contribution in [0.4, 0.5) is 0 Å². The normalized spacial score (nSPS) is 22.8. The van der Waals surface area contributed by atoms with Crippen LogP contribution >= 0.6 is 0 Å². The van der Waals surface area contributed by atoms with Gasteiger partial charge in [0.1, 0.15) is 0 Å². The van der Waals surface area contributed by atoms with Crippen molar-refractivity contribution in [2.75, 3.05) is 0 Å². The number of nitrogens with zero attached hydrogens (tertiary/aromatic N) is 2. The highest BCUT2D eigenvalue weighted by Gasteiger charge is 2.49. The van der Waals surface area contributed by atoms with Crippen LogP contribution in [0.15, 0.2) is 48.8 Å². The maximum Gasteiger partial charge on any atom is 0.270 e. The molecule has 2 heterocycles. The van der Waals surface area contributed by atoms with E-state index in [1.54, 1.807) is 12.1 Å². The number of carbonyl (C=O) groups is 3. The lowest BCUT2D eigenvalue weighted by Crippen LogP contribution is -2.46. The van der Waals surface area contributed by atoms with Crippen molar-refractivity contribution < 1.29 is 14.4 Å². The average molecular weight is 337 g/mol. The molecular formula is C19H19N3O3. The van der Waals surface area contributed by atoms with Crippen LogP contribution < -0.4 is 5.43 Å². The third-order valence-electron chi connectivity index (χ3n) is 5.09. The molecular weight excluding hydrogens is 318 g/mol. The molecule has 1 saturated heterocycles. The second-order valence-electron chi connectivity index (χ2n) is 6.59. The molecule has 6 nitrogen and oxygen atoms in total. The first kappa shape index (κ1) is 15.6. The fraction of sp³-hybridized carbons (Fsp3) is 0.316. The van der Waals surface area contributed by atoms with E-state index in [4.69, 9.17) is 0 Å². The summed E-state index contributed by atoms with van der Waals surface area (Å²) in [6.07, 6.45) is 7.21. The number of amides is 3. The Morgan fingerprint density at radius 1 is 0.920 bits per heavy atom. The third kappa shape index (κ3) is 2.73. The molecule has 3 amide bonds. The van der Waals surface area contributed by atoms with Gasteiger partial charge in [-0.15, -0.1) is 0 Å². The predicted molar refractivity (Wildman–Crippen MR) is 90.5 cm³/mol. The molecule has 2 aromatic rings. The van der Waals surface area contributed by atoms with Crippen molar-refractivity contribution >= 4 is 17.7 Å². The van der Waals surface area contributed by atoms with Gasteiger partial charge in [0.15, 0.2) is 0 Å². The Morgan fingerprint density at radius 2 is 1.48 bits per heavy atom. The summed E-state index contributed by atoms with van der Waals surface area (Å²) in [5.41, 5.74) is 3.83. The minimum atomic E-state index is -0.445. The van der Waals surface area contributed by atoms with E-state index in [0.717, 1.165) is 36.4 Å². The van der Waals surface area contributed by atoms with Crippen molar-refractivity contribution in [3.63, 3.8) is 0 Å². The number of hydrogen-bond donors (Lipinski definition) is 1. The Bertz CT molecular complexity index is 787. The van der Waals surface area contributed by atoms with Gasteiger partial charge in [-0.05, 0) is 49.2 Å². The minimum absolute atomic E-state index is 0.266. The van der Waals surface area contributed by atoms with Gasteiger partial charge in [-0.1, -0.05) is 12.8 Å². The van der Waals surface area contributed by atoms with Gasteiger partial charge in [0.25, 0.3) is 17.7 Å². The van der Waals surface area contributed by atoms with Crippen LogP contribution in [0.25, 0.3) is 5.69 Å². The van der Waals surface area contributed by atoms with Crippen molar-refractivity contribution in [3.05, 3.63) is 54.4 Å². The number of benzene rings is 1. The fourth-order valence-electron chi connectivity index (χ4n) is 3.73. The average Bonchev–Trinajstić information content (AvgIpc) is 3.26. The molecule has 2 aliphatic rings. The molecule has 2 fully saturated rings. The number of nitrogens with one attached hydrogen (secondary N) is 1. The SMILES string of the molecule is O=C(NN1C(=O)[C@H]2CCCC[C@H]2C1=O)c1ccc(-n2cccc2)cc1. The number of imide groups is 1. The van der Waals surface area contributed by atoms with Gasteiger partial charge in [0.05, 0.1) is 11.8 Å². The largest absolute Gasteiger partial charge is 0.324 e. The Balaban J connectivity index is 1.48. The predicted octanol–water partition coefficient (Wildman–Crippen LogP) is 2.30. The van der Waals surface area contributed by atoms with Crippen molar-refractivity contribution in [1.82, 2.24) is 15.0 Å². The van der Waals surface area contributed by atoms with Gasteiger partial charge in [-0.25, -0.2) is 0 Å². The number of aromatic nitrogens is 1. The van der Waals surface area contributed by atoms with Gasteiger partial charge >= 0.3 is 0 Å². The lowest BCUT2D eigenvalue weighted by molar-refractivity contribution is -0.142. The highest BCUT2D eigenvalue weighted by atomic mass is 16.2. The second kappa shape index (κ2) is 6.20. The van der Waals surface area contributed by atoms with Crippen molar-refractivity contribution in [1.29, 1.82) is 0 Å². The Morgan fingerprint density at radius 3 is 2.04 bits per heavy atom. The maximum absolute atomic E-state index is 12.4. The first-order valence-corrected chi connectivity index (χ1v) is 8.57. The van der Waals surface area contributed by atoms with Crippen LogP contribution in [-0.4, -0.2) is 27.3 Å². The number of rotatable bonds is 3. The summed E-state index contributed by atoms with van der Waals surface area (Å²) in [5.74, 6) is -1.52. The van der Waals surface area contributed by atoms with E-state index in [9.17, 15) is 14.4 Å². The van der Waals surface area contributed by atoms with Gasteiger partial charge in [-0.3, -0.25) is 19.8 Å². The molecule has 1 aromatic heterocycles. The third-order valence-corrected chi connectivity index (χ3v) is 5.09. The molecule has 1 saturated carbocycles. The fourth-order valence-corrected chi connectivity index (χ4v) is 3.73. The Labute approximate surface area is 145 Å². The number of fused-ring (bicyclic) bond motifs is 1. The topological polar surface area (TPSA) is 71.4 Å². The number of hydrogen-bond acceptors (Lipinski definition) is 3. The zero-order valence-corrected chi connectivity index (χ0v) is 13.7. The van der Waals surface area contributed by atoms with Crippen molar-refractivity contribution in [3.8, 4) is 5.69 Å². The molecule has 1 N–H and O–H groups in total. The summed E-state index contributed by atoms with van der Waals surface area (Å²) in [4.78, 5) is 37.3. The lowest BCUT2D eigenvalue weighted by atomic mass is 9.81. The molecule has 1 aromatic carbocycles. The summed E-state index contributed by atoms with van der Waals surface area (Å²) in [6, 6.07) is 10.9.